The molecule has 0 aliphatic rings. The summed E-state index contributed by atoms with van der Waals surface area (Å²) < 4.78 is 14.7. The molecule has 0 aliphatic heterocycles. The number of furan rings is 2. The van der Waals surface area contributed by atoms with Crippen LogP contribution in [-0.2, 0) is 49.1 Å². The third-order valence-corrected chi connectivity index (χ3v) is 14.4. The molecule has 4 aromatic heterocycles. The summed E-state index contributed by atoms with van der Waals surface area (Å²) >= 11 is 0. The molecule has 6 nitrogen and oxygen atoms in total. The van der Waals surface area contributed by atoms with Crippen LogP contribution < -0.4 is 0 Å². The van der Waals surface area contributed by atoms with Gasteiger partial charge in [0.1, 0.15) is 23.1 Å². The molecule has 0 spiro atoms. The number of para-hydroxylation sites is 1. The Morgan fingerprint density at radius 3 is 1.79 bits per heavy atom. The number of phenolic OH excluding ortho intramolecular Hbond substituents is 1. The molecule has 0 saturated heterocycles. The molecule has 4 heterocycles. The Morgan fingerprint density at radius 2 is 1.14 bits per heavy atom. The summed E-state index contributed by atoms with van der Waals surface area (Å²) in [5, 5.41) is 12.6. The minimum absolute atomic E-state index is 0. The van der Waals surface area contributed by atoms with E-state index in [0.717, 1.165) is 113 Å². The van der Waals surface area contributed by atoms with Crippen molar-refractivity contribution in [1.82, 2.24) is 14.5 Å². The van der Waals surface area contributed by atoms with Crippen LogP contribution in [0.1, 0.15) is 132 Å². The Bertz CT molecular complexity index is 3730. The van der Waals surface area contributed by atoms with Crippen molar-refractivity contribution in [3.8, 4) is 78.8 Å². The van der Waals surface area contributed by atoms with E-state index in [0.29, 0.717) is 11.4 Å². The average molecular weight is 1190 g/mol. The molecule has 0 unspecified atom stereocenters. The van der Waals surface area contributed by atoms with Gasteiger partial charge in [-0.3, -0.25) is 9.55 Å². The van der Waals surface area contributed by atoms with Crippen molar-refractivity contribution in [3.05, 3.63) is 180 Å². The van der Waals surface area contributed by atoms with Gasteiger partial charge in [0.05, 0.1) is 22.3 Å². The second-order valence-electron chi connectivity index (χ2n) is 26.0. The van der Waals surface area contributed by atoms with E-state index < -0.39 is 0 Å². The van der Waals surface area contributed by atoms with Crippen LogP contribution in [-0.4, -0.2) is 19.6 Å². The van der Waals surface area contributed by atoms with Crippen molar-refractivity contribution < 1.29 is 35.0 Å². The molecule has 0 atom stereocenters. The first-order valence-corrected chi connectivity index (χ1v) is 26.5. The predicted molar refractivity (Wildman–Crippen MR) is 312 cm³/mol. The molecular formula is C69H72N3O3Pt-. The first-order valence-electron chi connectivity index (χ1n) is 26.5. The summed E-state index contributed by atoms with van der Waals surface area (Å²) in [6, 6.07) is 53.3. The van der Waals surface area contributed by atoms with E-state index in [1.807, 2.05) is 18.3 Å². The van der Waals surface area contributed by atoms with E-state index >= 15 is 0 Å². The third kappa shape index (κ3) is 10.8. The number of imidazole rings is 1. The monoisotopic (exact) mass is 1190 g/mol. The van der Waals surface area contributed by atoms with Crippen LogP contribution in [0.2, 0.25) is 0 Å². The van der Waals surface area contributed by atoms with Gasteiger partial charge in [0.15, 0.2) is 11.2 Å². The Labute approximate surface area is 464 Å². The van der Waals surface area contributed by atoms with Gasteiger partial charge in [-0.25, -0.2) is 4.98 Å². The van der Waals surface area contributed by atoms with Crippen molar-refractivity contribution in [3.63, 3.8) is 0 Å². The molecule has 1 N–H and O–H groups in total. The van der Waals surface area contributed by atoms with E-state index in [1.165, 1.54) is 5.56 Å². The SMILES string of the molecule is CC(C)(C)Cc1cc2oc(-c3ccc(-c4ccnc(-c5[c-]c(-c6cccc7c6nc(-c6cc(C(C)(C)C)cc(C(C)(C)C)c6O)n7-c6ccc(C(C)(C)C)cc6-c6ccccc6)cc(C(C)(C)C)c5)c4)cc3)cc2o1.[Pt]. The molecule has 10 rings (SSSR count). The second kappa shape index (κ2) is 19.7. The van der Waals surface area contributed by atoms with Gasteiger partial charge < -0.3 is 13.9 Å². The quantitative estimate of drug-likeness (QED) is 0.153. The fourth-order valence-electron chi connectivity index (χ4n) is 10.1. The van der Waals surface area contributed by atoms with Gasteiger partial charge in [0, 0.05) is 68.2 Å². The summed E-state index contributed by atoms with van der Waals surface area (Å²) in [6.07, 6.45) is 2.73. The van der Waals surface area contributed by atoms with Crippen LogP contribution in [0.4, 0.5) is 0 Å². The van der Waals surface area contributed by atoms with Crippen LogP contribution in [0.5, 0.6) is 5.75 Å². The second-order valence-corrected chi connectivity index (χ2v) is 26.0. The van der Waals surface area contributed by atoms with Gasteiger partial charge in [0.25, 0.3) is 0 Å². The number of hydrogen-bond acceptors (Lipinski definition) is 5. The molecule has 10 aromatic rings. The van der Waals surface area contributed by atoms with Gasteiger partial charge in [-0.15, -0.1) is 29.3 Å². The van der Waals surface area contributed by atoms with E-state index in [2.05, 4.69) is 242 Å². The van der Waals surface area contributed by atoms with E-state index in [-0.39, 0.29) is 53.9 Å². The summed E-state index contributed by atoms with van der Waals surface area (Å²) in [7, 11) is 0. The Morgan fingerprint density at radius 1 is 0.513 bits per heavy atom. The smallest absolute Gasteiger partial charge is 0.173 e. The van der Waals surface area contributed by atoms with Crippen LogP contribution >= 0.6 is 0 Å². The topological polar surface area (TPSA) is 77.2 Å². The average Bonchev–Trinajstić information content (AvgIpc) is 4.04. The standard InChI is InChI=1S/C69H72N3O3.Pt/c1-65(2,3)41-51-39-60-61(74-51)40-59(75-60)44-26-24-42(25-27-44)45-30-31-70-56(35-45)47-32-46(33-49(34-47)67(7,8)9)52-22-19-23-58-62(52)71-64(54-37-50(68(10,11)12)38-55(63(54)73)69(13,14)15)72(58)57-29-28-48(66(4,5)6)36-53(57)43-20-17-16-18-21-43;/h16-31,33-40,73H,41H2,1-15H3;/q-1;. The van der Waals surface area contributed by atoms with Crippen LogP contribution in [0, 0.1) is 11.5 Å². The van der Waals surface area contributed by atoms with E-state index in [9.17, 15) is 5.11 Å². The molecule has 0 radical (unpaired) electrons. The van der Waals surface area contributed by atoms with E-state index in [1.54, 1.807) is 0 Å². The van der Waals surface area contributed by atoms with Crippen LogP contribution in [0.15, 0.2) is 155 Å². The molecule has 0 saturated carbocycles. The molecule has 6 aromatic carbocycles. The number of aromatic nitrogens is 3. The third-order valence-electron chi connectivity index (χ3n) is 14.4. The molecule has 7 heteroatoms. The zero-order chi connectivity index (χ0) is 53.6. The number of rotatable bonds is 8. The number of benzene rings is 6. The summed E-state index contributed by atoms with van der Waals surface area (Å²) in [4.78, 5) is 10.7. The number of fused-ring (bicyclic) bond motifs is 2. The molecular weight excluding hydrogens is 1110 g/mol. The zero-order valence-corrected chi connectivity index (χ0v) is 49.3. The Balaban J connectivity index is 0.00000706. The fraction of sp³-hybridized carbons (Fsp3) is 0.304. The molecule has 76 heavy (non-hydrogen) atoms. The summed E-state index contributed by atoms with van der Waals surface area (Å²) in [5.74, 6) is 2.63. The normalized spacial score (nSPS) is 12.7. The van der Waals surface area contributed by atoms with Gasteiger partial charge in [-0.05, 0) is 85.2 Å². The Kier molecular flexibility index (Phi) is 14.0. The first kappa shape index (κ1) is 54.1. The van der Waals surface area contributed by atoms with E-state index in [4.69, 9.17) is 18.8 Å². The maximum absolute atomic E-state index is 12.6. The number of pyridine rings is 1. The minimum atomic E-state index is -0.343. The molecule has 0 aliphatic carbocycles. The zero-order valence-electron chi connectivity index (χ0n) is 47.0. The fourth-order valence-corrected chi connectivity index (χ4v) is 10.1. The summed E-state index contributed by atoms with van der Waals surface area (Å²) in [5.41, 5.74) is 17.5. The first-order chi connectivity index (χ1) is 35.2. The molecule has 0 amide bonds. The van der Waals surface area contributed by atoms with Gasteiger partial charge in [-0.2, -0.15) is 0 Å². The number of nitrogens with zero attached hydrogens (tertiary/aromatic N) is 3. The van der Waals surface area contributed by atoms with Crippen LogP contribution in [0.3, 0.4) is 0 Å². The molecule has 0 bridgehead atoms. The number of phenols is 1. The van der Waals surface area contributed by atoms with Gasteiger partial charge in [-0.1, -0.05) is 200 Å². The number of hydrogen-bond donors (Lipinski definition) is 1. The summed E-state index contributed by atoms with van der Waals surface area (Å²) in [6.45, 7) is 33.3. The van der Waals surface area contributed by atoms with Crippen molar-refractivity contribution >= 4 is 22.2 Å². The Hall–Kier alpha value is -6.75. The minimum Gasteiger partial charge on any atom is -0.507 e. The van der Waals surface area contributed by atoms with Crippen molar-refractivity contribution in [2.45, 2.75) is 132 Å². The molecule has 392 valence electrons. The van der Waals surface area contributed by atoms with Crippen molar-refractivity contribution in [2.75, 3.05) is 0 Å². The maximum Gasteiger partial charge on any atom is 0.173 e. The van der Waals surface area contributed by atoms with Crippen LogP contribution in [0.25, 0.3) is 95.2 Å². The molecule has 0 fully saturated rings. The largest absolute Gasteiger partial charge is 0.507 e. The number of aromatic hydroxyl groups is 1. The van der Waals surface area contributed by atoms with Crippen molar-refractivity contribution in [2.24, 2.45) is 5.41 Å². The van der Waals surface area contributed by atoms with Crippen molar-refractivity contribution in [1.29, 1.82) is 0 Å². The van der Waals surface area contributed by atoms with Gasteiger partial charge in [0.2, 0.25) is 0 Å². The van der Waals surface area contributed by atoms with Gasteiger partial charge >= 0.3 is 0 Å². The predicted octanol–water partition coefficient (Wildman–Crippen LogP) is 19.0. The maximum atomic E-state index is 12.6.